The van der Waals surface area contributed by atoms with Crippen LogP contribution in [-0.2, 0) is 21.2 Å². The second kappa shape index (κ2) is 8.14. The fourth-order valence-corrected chi connectivity index (χ4v) is 2.54. The van der Waals surface area contributed by atoms with Crippen molar-refractivity contribution >= 4 is 16.0 Å². The molecule has 0 aliphatic rings. The third-order valence-electron chi connectivity index (χ3n) is 3.24. The molecule has 0 aromatic heterocycles. The topological polar surface area (TPSA) is 86.5 Å². The normalized spacial score (nSPS) is 11.4. The van der Waals surface area contributed by atoms with Gasteiger partial charge in [-0.25, -0.2) is 18.4 Å². The van der Waals surface area contributed by atoms with E-state index >= 15 is 0 Å². The van der Waals surface area contributed by atoms with Crippen molar-refractivity contribution in [1.82, 2.24) is 0 Å². The second-order valence-electron chi connectivity index (χ2n) is 4.91. The molecule has 1 rings (SSSR count). The van der Waals surface area contributed by atoms with E-state index in [9.17, 15) is 13.2 Å². The van der Waals surface area contributed by atoms with E-state index in [1.165, 1.54) is 12.1 Å². The van der Waals surface area contributed by atoms with Gasteiger partial charge >= 0.3 is 5.97 Å². The van der Waals surface area contributed by atoms with Crippen molar-refractivity contribution < 1.29 is 17.9 Å². The van der Waals surface area contributed by atoms with Crippen LogP contribution in [0.15, 0.2) is 23.1 Å². The van der Waals surface area contributed by atoms with Crippen molar-refractivity contribution in [3.63, 3.8) is 0 Å². The van der Waals surface area contributed by atoms with Crippen molar-refractivity contribution in [2.24, 2.45) is 5.14 Å². The zero-order chi connectivity index (χ0) is 15.9. The molecule has 0 unspecified atom stereocenters. The third-order valence-corrected chi connectivity index (χ3v) is 4.15. The zero-order valence-corrected chi connectivity index (χ0v) is 13.4. The predicted octanol–water partition coefficient (Wildman–Crippen LogP) is 2.63. The first kappa shape index (κ1) is 17.7. The standard InChI is InChI=1S/C15H23NO4S/c1-3-5-6-7-10-20-15(17)14-11-13(21(16,18)19)9-8-12(14)4-2/h8-9,11H,3-7,10H2,1-2H3,(H2,16,18,19). The van der Waals surface area contributed by atoms with E-state index in [4.69, 9.17) is 9.88 Å². The van der Waals surface area contributed by atoms with E-state index in [0.29, 0.717) is 13.0 Å². The van der Waals surface area contributed by atoms with Gasteiger partial charge in [0.2, 0.25) is 10.0 Å². The van der Waals surface area contributed by atoms with Gasteiger partial charge in [-0.3, -0.25) is 0 Å². The molecular formula is C15H23NO4S. The van der Waals surface area contributed by atoms with E-state index in [-0.39, 0.29) is 10.5 Å². The lowest BCUT2D eigenvalue weighted by molar-refractivity contribution is 0.0496. The lowest BCUT2D eigenvalue weighted by Gasteiger charge is -2.10. The minimum atomic E-state index is -3.82. The van der Waals surface area contributed by atoms with E-state index in [2.05, 4.69) is 6.92 Å². The Balaban J connectivity index is 2.82. The first-order valence-corrected chi connectivity index (χ1v) is 8.77. The minimum Gasteiger partial charge on any atom is -0.462 e. The Labute approximate surface area is 126 Å². The number of rotatable bonds is 8. The molecule has 0 radical (unpaired) electrons. The second-order valence-corrected chi connectivity index (χ2v) is 6.48. The number of benzene rings is 1. The van der Waals surface area contributed by atoms with Crippen molar-refractivity contribution in [1.29, 1.82) is 0 Å². The van der Waals surface area contributed by atoms with E-state index in [1.807, 2.05) is 6.92 Å². The zero-order valence-electron chi connectivity index (χ0n) is 12.6. The monoisotopic (exact) mass is 313 g/mol. The van der Waals surface area contributed by atoms with Crippen LogP contribution < -0.4 is 5.14 Å². The summed E-state index contributed by atoms with van der Waals surface area (Å²) in [5.74, 6) is -0.492. The number of ether oxygens (including phenoxy) is 1. The number of esters is 1. The maximum Gasteiger partial charge on any atom is 0.338 e. The van der Waals surface area contributed by atoms with Crippen molar-refractivity contribution in [2.45, 2.75) is 50.8 Å². The molecule has 21 heavy (non-hydrogen) atoms. The van der Waals surface area contributed by atoms with Crippen molar-refractivity contribution in [2.75, 3.05) is 6.61 Å². The van der Waals surface area contributed by atoms with Crippen molar-refractivity contribution in [3.05, 3.63) is 29.3 Å². The Morgan fingerprint density at radius 3 is 2.48 bits per heavy atom. The number of hydrogen-bond donors (Lipinski definition) is 1. The first-order valence-electron chi connectivity index (χ1n) is 7.23. The molecule has 0 heterocycles. The number of carbonyl (C=O) groups is 1. The SMILES string of the molecule is CCCCCCOC(=O)c1cc(S(N)(=O)=O)ccc1CC. The molecular weight excluding hydrogens is 290 g/mol. The van der Waals surface area contributed by atoms with Gasteiger partial charge in [-0.15, -0.1) is 0 Å². The van der Waals surface area contributed by atoms with Crippen LogP contribution in [-0.4, -0.2) is 21.0 Å². The molecule has 118 valence electrons. The fourth-order valence-electron chi connectivity index (χ4n) is 2.00. The maximum atomic E-state index is 12.1. The fraction of sp³-hybridized carbons (Fsp3) is 0.533. The van der Waals surface area contributed by atoms with E-state index in [0.717, 1.165) is 31.2 Å². The van der Waals surface area contributed by atoms with Crippen LogP contribution in [0.5, 0.6) is 0 Å². The summed E-state index contributed by atoms with van der Waals surface area (Å²) in [6.07, 6.45) is 4.67. The Morgan fingerprint density at radius 2 is 1.90 bits per heavy atom. The highest BCUT2D eigenvalue weighted by Gasteiger charge is 2.16. The number of nitrogens with two attached hydrogens (primary N) is 1. The quantitative estimate of drug-likeness (QED) is 0.590. The lowest BCUT2D eigenvalue weighted by Crippen LogP contribution is -2.15. The smallest absolute Gasteiger partial charge is 0.338 e. The van der Waals surface area contributed by atoms with Crippen LogP contribution in [0.1, 0.15) is 55.5 Å². The van der Waals surface area contributed by atoms with Crippen LogP contribution >= 0.6 is 0 Å². The lowest BCUT2D eigenvalue weighted by atomic mass is 10.1. The first-order chi connectivity index (χ1) is 9.90. The van der Waals surface area contributed by atoms with Gasteiger partial charge in [-0.2, -0.15) is 0 Å². The van der Waals surface area contributed by atoms with Crippen molar-refractivity contribution in [3.8, 4) is 0 Å². The van der Waals surface area contributed by atoms with Gasteiger partial charge in [0.05, 0.1) is 17.1 Å². The molecule has 0 atom stereocenters. The summed E-state index contributed by atoms with van der Waals surface area (Å²) in [7, 11) is -3.82. The van der Waals surface area contributed by atoms with Gasteiger partial charge in [0.1, 0.15) is 0 Å². The number of sulfonamides is 1. The summed E-state index contributed by atoms with van der Waals surface area (Å²) in [5.41, 5.74) is 1.03. The largest absolute Gasteiger partial charge is 0.462 e. The highest BCUT2D eigenvalue weighted by molar-refractivity contribution is 7.89. The molecule has 0 spiro atoms. The van der Waals surface area contributed by atoms with Crippen LogP contribution in [0, 0.1) is 0 Å². The van der Waals surface area contributed by atoms with Gasteiger partial charge in [-0.05, 0) is 30.5 Å². The Bertz CT molecular complexity index is 581. The molecule has 5 nitrogen and oxygen atoms in total. The van der Waals surface area contributed by atoms with Gasteiger partial charge in [0.15, 0.2) is 0 Å². The van der Waals surface area contributed by atoms with Crippen LogP contribution in [0.4, 0.5) is 0 Å². The van der Waals surface area contributed by atoms with E-state index < -0.39 is 16.0 Å². The third kappa shape index (κ3) is 5.47. The molecule has 1 aromatic rings. The van der Waals surface area contributed by atoms with Gasteiger partial charge < -0.3 is 4.74 Å². The number of carbonyl (C=O) groups excluding carboxylic acids is 1. The molecule has 1 aromatic carbocycles. The number of aryl methyl sites for hydroxylation is 1. The summed E-state index contributed by atoms with van der Waals surface area (Å²) in [4.78, 5) is 12.0. The molecule has 6 heteroatoms. The Kier molecular flexibility index (Phi) is 6.84. The molecule has 0 amide bonds. The van der Waals surface area contributed by atoms with E-state index in [1.54, 1.807) is 6.07 Å². The summed E-state index contributed by atoms with van der Waals surface area (Å²) in [5, 5.41) is 5.09. The van der Waals surface area contributed by atoms with Gasteiger partial charge in [0.25, 0.3) is 0 Å². The van der Waals surface area contributed by atoms with Gasteiger partial charge in [-0.1, -0.05) is 39.2 Å². The molecule has 0 fully saturated rings. The Hall–Kier alpha value is -1.40. The summed E-state index contributed by atoms with van der Waals surface area (Å²) < 4.78 is 27.9. The number of primary sulfonamides is 1. The molecule has 0 saturated carbocycles. The molecule has 0 bridgehead atoms. The molecule has 0 aliphatic heterocycles. The van der Waals surface area contributed by atoms with Gasteiger partial charge in [0, 0.05) is 0 Å². The van der Waals surface area contributed by atoms with Crippen LogP contribution in [0.3, 0.4) is 0 Å². The number of unbranched alkanes of at least 4 members (excludes halogenated alkanes) is 3. The summed E-state index contributed by atoms with van der Waals surface area (Å²) in [6, 6.07) is 4.31. The summed E-state index contributed by atoms with van der Waals surface area (Å²) >= 11 is 0. The maximum absolute atomic E-state index is 12.1. The molecule has 0 aliphatic carbocycles. The van der Waals surface area contributed by atoms with Crippen LogP contribution in [0.25, 0.3) is 0 Å². The molecule has 2 N–H and O–H groups in total. The van der Waals surface area contributed by atoms with Crippen LogP contribution in [0.2, 0.25) is 0 Å². The number of hydrogen-bond acceptors (Lipinski definition) is 4. The predicted molar refractivity (Wildman–Crippen MR) is 81.6 cm³/mol. The highest BCUT2D eigenvalue weighted by Crippen LogP contribution is 2.17. The highest BCUT2D eigenvalue weighted by atomic mass is 32.2. The Morgan fingerprint density at radius 1 is 1.19 bits per heavy atom. The summed E-state index contributed by atoms with van der Waals surface area (Å²) in [6.45, 7) is 4.35. The average Bonchev–Trinajstić information content (AvgIpc) is 2.45. The minimum absolute atomic E-state index is 0.0716. The molecule has 0 saturated heterocycles. The average molecular weight is 313 g/mol.